The monoisotopic (exact) mass is 435 g/mol. The van der Waals surface area contributed by atoms with Crippen molar-refractivity contribution in [2.45, 2.75) is 46.2 Å². The lowest BCUT2D eigenvalue weighted by atomic mass is 10.1. The van der Waals surface area contributed by atoms with Crippen molar-refractivity contribution >= 4 is 39.6 Å². The highest BCUT2D eigenvalue weighted by molar-refractivity contribution is 7.80. The normalized spacial score (nSPS) is 15.4. The molecule has 0 radical (unpaired) electrons. The first kappa shape index (κ1) is 21.5. The number of anilines is 1. The first-order valence-electron chi connectivity index (χ1n) is 10.9. The number of hydrogen-bond acceptors (Lipinski definition) is 4. The topological polar surface area (TPSA) is 65.2 Å². The first-order chi connectivity index (χ1) is 15.0. The molecule has 2 heterocycles. The van der Waals surface area contributed by atoms with Crippen molar-refractivity contribution in [2.75, 3.05) is 18.4 Å². The summed E-state index contributed by atoms with van der Waals surface area (Å²) in [7, 11) is 0. The van der Waals surface area contributed by atoms with Crippen molar-refractivity contribution in [1.82, 2.24) is 9.47 Å². The Hall–Kier alpha value is -2.77. The Kier molecular flexibility index (Phi) is 6.63. The number of aromatic nitrogens is 1. The van der Waals surface area contributed by atoms with Crippen molar-refractivity contribution in [1.29, 1.82) is 0 Å². The average Bonchev–Trinajstić information content (AvgIpc) is 2.92. The van der Waals surface area contributed by atoms with E-state index >= 15 is 0 Å². The van der Waals surface area contributed by atoms with Crippen LogP contribution in [0, 0.1) is 13.8 Å². The van der Waals surface area contributed by atoms with Gasteiger partial charge in [-0.15, -0.1) is 10.2 Å². The van der Waals surface area contributed by atoms with E-state index in [9.17, 15) is 5.11 Å². The number of hydrogen-bond donors (Lipinski definition) is 2. The third kappa shape index (κ3) is 4.78. The van der Waals surface area contributed by atoms with Crippen LogP contribution in [-0.4, -0.2) is 32.8 Å². The van der Waals surface area contributed by atoms with Crippen LogP contribution in [0.3, 0.4) is 0 Å². The minimum Gasteiger partial charge on any atom is -0.493 e. The molecule has 0 bridgehead atoms. The number of fused-ring (bicyclic) bond motifs is 1. The number of thiocarbonyl (C=S) groups is 1. The molecule has 2 N–H and O–H groups in total. The van der Waals surface area contributed by atoms with Gasteiger partial charge in [0.1, 0.15) is 0 Å². The maximum absolute atomic E-state index is 11.0. The zero-order valence-corrected chi connectivity index (χ0v) is 19.0. The lowest BCUT2D eigenvalue weighted by Crippen LogP contribution is -2.27. The second-order valence-electron chi connectivity index (χ2n) is 8.17. The summed E-state index contributed by atoms with van der Waals surface area (Å²) in [5, 5.41) is 23.8. The van der Waals surface area contributed by atoms with E-state index in [0.29, 0.717) is 12.4 Å². The maximum atomic E-state index is 11.0. The summed E-state index contributed by atoms with van der Waals surface area (Å²) in [5.41, 5.74) is 4.62. The molecule has 31 heavy (non-hydrogen) atoms. The fraction of sp³-hybridized carbons (Fsp3) is 0.375. The highest BCUT2D eigenvalue weighted by atomic mass is 32.1. The van der Waals surface area contributed by atoms with E-state index in [1.165, 1.54) is 31.2 Å². The number of para-hydroxylation sites is 1. The molecule has 1 aliphatic rings. The largest absolute Gasteiger partial charge is 0.493 e. The lowest BCUT2D eigenvalue weighted by Gasteiger charge is -2.21. The number of aromatic hydroxyl groups is 1. The van der Waals surface area contributed by atoms with E-state index < -0.39 is 0 Å². The highest BCUT2D eigenvalue weighted by Crippen LogP contribution is 2.39. The SMILES string of the molecule is Cc1cccc(NC(=S)N=Nc2c(O)n(CN3CCCCCC3)c3ccccc23)c1C. The van der Waals surface area contributed by atoms with E-state index in [-0.39, 0.29) is 11.0 Å². The van der Waals surface area contributed by atoms with Crippen LogP contribution in [0.5, 0.6) is 5.88 Å². The number of likely N-dealkylation sites (tertiary alicyclic amines) is 1. The van der Waals surface area contributed by atoms with Gasteiger partial charge in [0, 0.05) is 11.1 Å². The Morgan fingerprint density at radius 3 is 2.55 bits per heavy atom. The van der Waals surface area contributed by atoms with Crippen molar-refractivity contribution in [3.05, 3.63) is 53.6 Å². The van der Waals surface area contributed by atoms with E-state index in [4.69, 9.17) is 12.2 Å². The van der Waals surface area contributed by atoms with Crippen LogP contribution in [0.15, 0.2) is 52.7 Å². The molecule has 1 fully saturated rings. The number of azo groups is 1. The molecule has 0 spiro atoms. The van der Waals surface area contributed by atoms with Gasteiger partial charge in [0.25, 0.3) is 0 Å². The molecule has 3 aromatic rings. The third-order valence-corrected chi connectivity index (χ3v) is 6.23. The smallest absolute Gasteiger partial charge is 0.221 e. The standard InChI is InChI=1S/C24H29N5OS/c1-17-10-9-12-20(18(17)2)25-24(31)27-26-22-19-11-5-6-13-21(19)29(23(22)30)16-28-14-7-3-4-8-15-28/h5-6,9-13,30H,3-4,7-8,14-16H2,1-2H3,(H,25,31). The van der Waals surface area contributed by atoms with E-state index in [1.807, 2.05) is 47.9 Å². The summed E-state index contributed by atoms with van der Waals surface area (Å²) in [6, 6.07) is 13.9. The summed E-state index contributed by atoms with van der Waals surface area (Å²) >= 11 is 5.39. The predicted octanol–water partition coefficient (Wildman–Crippen LogP) is 6.28. The Morgan fingerprint density at radius 2 is 1.77 bits per heavy atom. The van der Waals surface area contributed by atoms with Gasteiger partial charge in [-0.2, -0.15) is 0 Å². The second-order valence-corrected chi connectivity index (χ2v) is 8.56. The van der Waals surface area contributed by atoms with Gasteiger partial charge in [-0.3, -0.25) is 9.47 Å². The van der Waals surface area contributed by atoms with Gasteiger partial charge in [0.2, 0.25) is 11.0 Å². The van der Waals surface area contributed by atoms with Crippen LogP contribution in [0.4, 0.5) is 11.4 Å². The van der Waals surface area contributed by atoms with Crippen LogP contribution in [0.2, 0.25) is 0 Å². The molecule has 0 atom stereocenters. The van der Waals surface area contributed by atoms with Gasteiger partial charge in [0.15, 0.2) is 5.69 Å². The van der Waals surface area contributed by atoms with E-state index in [1.54, 1.807) is 0 Å². The van der Waals surface area contributed by atoms with Gasteiger partial charge in [-0.1, -0.05) is 43.2 Å². The van der Waals surface area contributed by atoms with Gasteiger partial charge < -0.3 is 10.4 Å². The summed E-state index contributed by atoms with van der Waals surface area (Å²) < 4.78 is 1.93. The average molecular weight is 436 g/mol. The number of rotatable bonds is 4. The number of aryl methyl sites for hydroxylation is 1. The Morgan fingerprint density at radius 1 is 1.03 bits per heavy atom. The van der Waals surface area contributed by atoms with Crippen LogP contribution in [0.25, 0.3) is 10.9 Å². The molecule has 0 aliphatic carbocycles. The Balaban J connectivity index is 1.59. The highest BCUT2D eigenvalue weighted by Gasteiger charge is 2.19. The minimum absolute atomic E-state index is 0.128. The third-order valence-electron chi connectivity index (χ3n) is 6.04. The van der Waals surface area contributed by atoms with Crippen LogP contribution in [-0.2, 0) is 6.67 Å². The molecule has 162 valence electrons. The van der Waals surface area contributed by atoms with Crippen LogP contribution >= 0.6 is 12.2 Å². The van der Waals surface area contributed by atoms with Gasteiger partial charge in [-0.25, -0.2) is 0 Å². The van der Waals surface area contributed by atoms with Crippen molar-refractivity contribution < 1.29 is 5.11 Å². The molecule has 1 saturated heterocycles. The zero-order valence-electron chi connectivity index (χ0n) is 18.1. The molecular weight excluding hydrogens is 406 g/mol. The molecule has 0 amide bonds. The molecule has 6 nitrogen and oxygen atoms in total. The van der Waals surface area contributed by atoms with Crippen molar-refractivity contribution in [3.8, 4) is 5.88 Å². The molecule has 1 aliphatic heterocycles. The predicted molar refractivity (Wildman–Crippen MR) is 130 cm³/mol. The molecular formula is C24H29N5OS. The maximum Gasteiger partial charge on any atom is 0.221 e. The second kappa shape index (κ2) is 9.58. The van der Waals surface area contributed by atoms with Crippen LogP contribution < -0.4 is 5.32 Å². The summed E-state index contributed by atoms with van der Waals surface area (Å²) in [5.74, 6) is 0.128. The molecule has 0 unspecified atom stereocenters. The van der Waals surface area contributed by atoms with E-state index in [0.717, 1.165) is 35.2 Å². The van der Waals surface area contributed by atoms with Crippen molar-refractivity contribution in [3.63, 3.8) is 0 Å². The molecule has 4 rings (SSSR count). The molecule has 2 aromatic carbocycles. The van der Waals surface area contributed by atoms with Crippen molar-refractivity contribution in [2.24, 2.45) is 10.2 Å². The van der Waals surface area contributed by atoms with Crippen LogP contribution in [0.1, 0.15) is 36.8 Å². The molecule has 1 aromatic heterocycles. The lowest BCUT2D eigenvalue weighted by molar-refractivity contribution is 0.219. The van der Waals surface area contributed by atoms with Gasteiger partial charge in [0.05, 0.1) is 12.2 Å². The zero-order chi connectivity index (χ0) is 21.8. The Labute approximate surface area is 188 Å². The number of nitrogens with one attached hydrogen (secondary N) is 1. The minimum atomic E-state index is 0.128. The fourth-order valence-electron chi connectivity index (χ4n) is 4.11. The van der Waals surface area contributed by atoms with Gasteiger partial charge in [-0.05, 0) is 75.3 Å². The number of benzene rings is 2. The summed E-state index contributed by atoms with van der Waals surface area (Å²) in [4.78, 5) is 2.40. The Bertz CT molecular complexity index is 1110. The molecule has 0 saturated carbocycles. The molecule has 7 heteroatoms. The van der Waals surface area contributed by atoms with Gasteiger partial charge >= 0.3 is 0 Å². The summed E-state index contributed by atoms with van der Waals surface area (Å²) in [6.45, 7) is 6.84. The first-order valence-corrected chi connectivity index (χ1v) is 11.3. The quantitative estimate of drug-likeness (QED) is 0.374. The fourth-order valence-corrected chi connectivity index (χ4v) is 4.26. The number of nitrogens with zero attached hydrogens (tertiary/aromatic N) is 4. The summed E-state index contributed by atoms with van der Waals surface area (Å²) in [6.07, 6.45) is 4.95. The van der Waals surface area contributed by atoms with E-state index in [2.05, 4.69) is 33.4 Å².